The second-order valence-electron chi connectivity index (χ2n) is 7.56. The Balaban J connectivity index is 1.60. The lowest BCUT2D eigenvalue weighted by Gasteiger charge is -2.40. The van der Waals surface area contributed by atoms with Crippen LogP contribution in [0.5, 0.6) is 0 Å². The molecule has 1 heterocycles. The van der Waals surface area contributed by atoms with Crippen LogP contribution in [0.1, 0.15) is 42.4 Å². The maximum Gasteiger partial charge on any atom is 0.317 e. The molecular formula is C19H25NO5S. The van der Waals surface area contributed by atoms with Crippen LogP contribution in [0, 0.1) is 13.8 Å². The molecule has 1 amide bonds. The molecule has 1 aliphatic heterocycles. The molecule has 0 spiro atoms. The monoisotopic (exact) mass is 379 g/mol. The lowest BCUT2D eigenvalue weighted by Crippen LogP contribution is -2.45. The van der Waals surface area contributed by atoms with Crippen molar-refractivity contribution in [1.29, 1.82) is 0 Å². The van der Waals surface area contributed by atoms with Crippen LogP contribution in [0.2, 0.25) is 0 Å². The Labute approximate surface area is 154 Å². The number of amides is 1. The standard InChI is InChI=1S/C19H25NO5S/c1-13-8-14(2)10-15(9-13)19(5-3-6-19)18(22)25-11-17(21)20-16-4-7-26(23,24)12-16/h8-10,16H,3-7,11-12H2,1-2H3,(H,20,21). The van der Waals surface area contributed by atoms with Crippen molar-refractivity contribution in [3.8, 4) is 0 Å². The lowest BCUT2D eigenvalue weighted by molar-refractivity contribution is -0.157. The normalized spacial score (nSPS) is 23.1. The van der Waals surface area contributed by atoms with Crippen LogP contribution in [0.25, 0.3) is 0 Å². The van der Waals surface area contributed by atoms with E-state index in [1.165, 1.54) is 0 Å². The Morgan fingerprint density at radius 3 is 2.35 bits per heavy atom. The molecule has 1 unspecified atom stereocenters. The van der Waals surface area contributed by atoms with Crippen LogP contribution >= 0.6 is 0 Å². The number of carbonyl (C=O) groups excluding carboxylic acids is 2. The largest absolute Gasteiger partial charge is 0.455 e. The molecule has 1 atom stereocenters. The Morgan fingerprint density at radius 2 is 1.85 bits per heavy atom. The molecule has 3 rings (SSSR count). The molecule has 6 nitrogen and oxygen atoms in total. The molecule has 0 bridgehead atoms. The van der Waals surface area contributed by atoms with E-state index in [2.05, 4.69) is 11.4 Å². The molecule has 1 aromatic carbocycles. The van der Waals surface area contributed by atoms with Gasteiger partial charge in [0.05, 0.1) is 16.9 Å². The van der Waals surface area contributed by atoms with Crippen molar-refractivity contribution in [2.45, 2.75) is 51.0 Å². The molecule has 1 saturated heterocycles. The van der Waals surface area contributed by atoms with Gasteiger partial charge < -0.3 is 10.1 Å². The molecular weight excluding hydrogens is 354 g/mol. The van der Waals surface area contributed by atoms with Crippen LogP contribution in [-0.4, -0.2) is 44.4 Å². The predicted octanol–water partition coefficient (Wildman–Crippen LogP) is 1.57. The highest BCUT2D eigenvalue weighted by atomic mass is 32.2. The van der Waals surface area contributed by atoms with Crippen molar-refractivity contribution >= 4 is 21.7 Å². The second-order valence-corrected chi connectivity index (χ2v) is 9.78. The summed E-state index contributed by atoms with van der Waals surface area (Å²) in [5.41, 5.74) is 2.49. The summed E-state index contributed by atoms with van der Waals surface area (Å²) < 4.78 is 28.2. The summed E-state index contributed by atoms with van der Waals surface area (Å²) >= 11 is 0. The molecule has 0 radical (unpaired) electrons. The first-order valence-electron chi connectivity index (χ1n) is 8.96. The Morgan fingerprint density at radius 1 is 1.19 bits per heavy atom. The van der Waals surface area contributed by atoms with Gasteiger partial charge in [0.25, 0.3) is 5.91 Å². The molecule has 1 N–H and O–H groups in total. The topological polar surface area (TPSA) is 89.5 Å². The van der Waals surface area contributed by atoms with Crippen molar-refractivity contribution in [2.24, 2.45) is 0 Å². The molecule has 7 heteroatoms. The fourth-order valence-electron chi connectivity index (χ4n) is 3.84. The van der Waals surface area contributed by atoms with Crippen LogP contribution in [0.4, 0.5) is 0 Å². The summed E-state index contributed by atoms with van der Waals surface area (Å²) in [7, 11) is -3.06. The van der Waals surface area contributed by atoms with Gasteiger partial charge in [-0.2, -0.15) is 0 Å². The number of sulfone groups is 1. The highest BCUT2D eigenvalue weighted by Crippen LogP contribution is 2.45. The maximum atomic E-state index is 12.7. The molecule has 0 aromatic heterocycles. The van der Waals surface area contributed by atoms with E-state index in [4.69, 9.17) is 4.74 Å². The third-order valence-electron chi connectivity index (χ3n) is 5.30. The molecule has 2 aliphatic rings. The summed E-state index contributed by atoms with van der Waals surface area (Å²) in [5.74, 6) is -0.773. The number of hydrogen-bond acceptors (Lipinski definition) is 5. The average Bonchev–Trinajstić information content (AvgIpc) is 2.82. The number of carbonyl (C=O) groups is 2. The minimum atomic E-state index is -3.06. The van der Waals surface area contributed by atoms with Gasteiger partial charge in [0.1, 0.15) is 0 Å². The van der Waals surface area contributed by atoms with Crippen molar-refractivity contribution in [2.75, 3.05) is 18.1 Å². The van der Waals surface area contributed by atoms with Gasteiger partial charge in [-0.25, -0.2) is 8.42 Å². The lowest BCUT2D eigenvalue weighted by atomic mass is 9.64. The number of hydrogen-bond donors (Lipinski definition) is 1. The predicted molar refractivity (Wildman–Crippen MR) is 97.6 cm³/mol. The first-order chi connectivity index (χ1) is 12.2. The van der Waals surface area contributed by atoms with E-state index in [0.29, 0.717) is 6.42 Å². The van der Waals surface area contributed by atoms with E-state index < -0.39 is 21.2 Å². The fraction of sp³-hybridized carbons (Fsp3) is 0.579. The van der Waals surface area contributed by atoms with Gasteiger partial charge in [0, 0.05) is 6.04 Å². The zero-order valence-electron chi connectivity index (χ0n) is 15.2. The van der Waals surface area contributed by atoms with Crippen LogP contribution in [0.15, 0.2) is 18.2 Å². The van der Waals surface area contributed by atoms with E-state index in [1.807, 2.05) is 26.0 Å². The van der Waals surface area contributed by atoms with E-state index in [9.17, 15) is 18.0 Å². The molecule has 1 saturated carbocycles. The Kier molecular flexibility index (Phi) is 5.10. The summed E-state index contributed by atoms with van der Waals surface area (Å²) in [5, 5.41) is 2.64. The van der Waals surface area contributed by atoms with Crippen molar-refractivity contribution in [3.63, 3.8) is 0 Å². The number of aryl methyl sites for hydroxylation is 2. The third kappa shape index (κ3) is 3.92. The van der Waals surface area contributed by atoms with Gasteiger partial charge >= 0.3 is 5.97 Å². The number of esters is 1. The van der Waals surface area contributed by atoms with Crippen LogP contribution in [0.3, 0.4) is 0 Å². The van der Waals surface area contributed by atoms with E-state index >= 15 is 0 Å². The quantitative estimate of drug-likeness (QED) is 0.785. The van der Waals surface area contributed by atoms with E-state index in [0.717, 1.165) is 36.0 Å². The highest BCUT2D eigenvalue weighted by molar-refractivity contribution is 7.91. The second kappa shape index (κ2) is 7.02. The van der Waals surface area contributed by atoms with Crippen molar-refractivity contribution < 1.29 is 22.7 Å². The van der Waals surface area contributed by atoms with Crippen molar-refractivity contribution in [3.05, 3.63) is 34.9 Å². The fourth-order valence-corrected chi connectivity index (χ4v) is 5.51. The minimum Gasteiger partial charge on any atom is -0.455 e. The summed E-state index contributed by atoms with van der Waals surface area (Å²) in [6.45, 7) is 3.62. The minimum absolute atomic E-state index is 0.0425. The number of benzene rings is 1. The number of rotatable bonds is 5. The first-order valence-corrected chi connectivity index (χ1v) is 10.8. The summed E-state index contributed by atoms with van der Waals surface area (Å²) in [6.07, 6.45) is 2.80. The van der Waals surface area contributed by atoms with Crippen LogP contribution in [-0.2, 0) is 29.6 Å². The van der Waals surface area contributed by atoms with Crippen molar-refractivity contribution in [1.82, 2.24) is 5.32 Å². The Hall–Kier alpha value is -1.89. The third-order valence-corrected chi connectivity index (χ3v) is 7.07. The zero-order valence-corrected chi connectivity index (χ0v) is 16.0. The van der Waals surface area contributed by atoms with Gasteiger partial charge in [-0.1, -0.05) is 35.7 Å². The van der Waals surface area contributed by atoms with Gasteiger partial charge in [-0.05, 0) is 38.7 Å². The average molecular weight is 379 g/mol. The highest BCUT2D eigenvalue weighted by Gasteiger charge is 2.47. The number of ether oxygens (including phenoxy) is 1. The molecule has 1 aliphatic carbocycles. The summed E-state index contributed by atoms with van der Waals surface area (Å²) in [4.78, 5) is 24.7. The SMILES string of the molecule is Cc1cc(C)cc(C2(C(=O)OCC(=O)NC3CCS(=O)(=O)C3)CCC2)c1. The smallest absolute Gasteiger partial charge is 0.317 e. The van der Waals surface area contributed by atoms with E-state index in [-0.39, 0.29) is 30.1 Å². The number of nitrogens with one attached hydrogen (secondary N) is 1. The van der Waals surface area contributed by atoms with Gasteiger partial charge in [0.15, 0.2) is 16.4 Å². The van der Waals surface area contributed by atoms with Gasteiger partial charge in [0.2, 0.25) is 0 Å². The Bertz CT molecular complexity index is 806. The maximum absolute atomic E-state index is 12.7. The summed E-state index contributed by atoms with van der Waals surface area (Å²) in [6, 6.07) is 5.70. The molecule has 1 aromatic rings. The zero-order chi connectivity index (χ0) is 18.9. The molecule has 2 fully saturated rings. The molecule has 142 valence electrons. The molecule has 26 heavy (non-hydrogen) atoms. The van der Waals surface area contributed by atoms with E-state index in [1.54, 1.807) is 0 Å². The first kappa shape index (κ1) is 18.9. The van der Waals surface area contributed by atoms with Crippen LogP contribution < -0.4 is 5.32 Å². The van der Waals surface area contributed by atoms with Gasteiger partial charge in [-0.15, -0.1) is 0 Å². The van der Waals surface area contributed by atoms with Gasteiger partial charge in [-0.3, -0.25) is 9.59 Å².